The van der Waals surface area contributed by atoms with Gasteiger partial charge in [0.2, 0.25) is 0 Å². The van der Waals surface area contributed by atoms with E-state index in [0.29, 0.717) is 11.5 Å². The van der Waals surface area contributed by atoms with Gasteiger partial charge in [0.15, 0.2) is 0 Å². The van der Waals surface area contributed by atoms with Crippen LogP contribution in [-0.2, 0) is 6.18 Å². The molecular weight excluding hydrogens is 275 g/mol. The Balaban J connectivity index is 2.28. The molecule has 0 aliphatic heterocycles. The normalized spacial score (nSPS) is 19.8. The highest BCUT2D eigenvalue weighted by molar-refractivity contribution is 5.32. The summed E-state index contributed by atoms with van der Waals surface area (Å²) in [5, 5.41) is 3.15. The first-order valence-corrected chi connectivity index (χ1v) is 7.87. The van der Waals surface area contributed by atoms with Crippen molar-refractivity contribution in [3.8, 4) is 0 Å². The summed E-state index contributed by atoms with van der Waals surface area (Å²) in [5.74, 6) is 0.291. The molecule has 1 saturated carbocycles. The average molecular weight is 299 g/mol. The summed E-state index contributed by atoms with van der Waals surface area (Å²) >= 11 is 0. The van der Waals surface area contributed by atoms with Crippen LogP contribution in [0.5, 0.6) is 0 Å². The van der Waals surface area contributed by atoms with E-state index in [0.717, 1.165) is 25.7 Å². The highest BCUT2D eigenvalue weighted by Crippen LogP contribution is 2.39. The molecular formula is C17H24F3N. The third-order valence-corrected chi connectivity index (χ3v) is 4.53. The van der Waals surface area contributed by atoms with Gasteiger partial charge >= 0.3 is 6.18 Å². The maximum Gasteiger partial charge on any atom is 0.416 e. The molecule has 1 unspecified atom stereocenters. The van der Waals surface area contributed by atoms with Crippen molar-refractivity contribution < 1.29 is 13.2 Å². The lowest BCUT2D eigenvalue weighted by atomic mass is 9.81. The largest absolute Gasteiger partial charge is 0.416 e. The van der Waals surface area contributed by atoms with Gasteiger partial charge in [-0.2, -0.15) is 13.2 Å². The summed E-state index contributed by atoms with van der Waals surface area (Å²) < 4.78 is 39.7. The van der Waals surface area contributed by atoms with E-state index in [1.807, 2.05) is 0 Å². The SMILES string of the molecule is CNC(c1ccccc1C(F)(F)F)C1CCCCCCC1. The lowest BCUT2D eigenvalue weighted by Crippen LogP contribution is -2.28. The number of hydrogen-bond donors (Lipinski definition) is 1. The van der Waals surface area contributed by atoms with E-state index < -0.39 is 11.7 Å². The Morgan fingerprint density at radius 2 is 1.57 bits per heavy atom. The van der Waals surface area contributed by atoms with Crippen LogP contribution >= 0.6 is 0 Å². The van der Waals surface area contributed by atoms with Crippen LogP contribution in [0.15, 0.2) is 24.3 Å². The Kier molecular flexibility index (Phi) is 5.68. The Labute approximate surface area is 124 Å². The number of halogens is 3. The van der Waals surface area contributed by atoms with Crippen molar-refractivity contribution >= 4 is 0 Å². The molecule has 0 aromatic heterocycles. The molecule has 21 heavy (non-hydrogen) atoms. The van der Waals surface area contributed by atoms with Crippen molar-refractivity contribution in [2.24, 2.45) is 5.92 Å². The summed E-state index contributed by atoms with van der Waals surface area (Å²) in [6.45, 7) is 0. The number of hydrogen-bond acceptors (Lipinski definition) is 1. The third-order valence-electron chi connectivity index (χ3n) is 4.53. The predicted octanol–water partition coefficient (Wildman–Crippen LogP) is 5.33. The fourth-order valence-corrected chi connectivity index (χ4v) is 3.49. The summed E-state index contributed by atoms with van der Waals surface area (Å²) in [6, 6.07) is 5.79. The summed E-state index contributed by atoms with van der Waals surface area (Å²) in [6.07, 6.45) is 3.65. The van der Waals surface area contributed by atoms with Crippen LogP contribution in [-0.4, -0.2) is 7.05 Å². The van der Waals surface area contributed by atoms with Gasteiger partial charge in [-0.05, 0) is 37.4 Å². The Bertz CT molecular complexity index is 434. The lowest BCUT2D eigenvalue weighted by Gasteiger charge is -2.30. The molecule has 0 amide bonds. The summed E-state index contributed by atoms with van der Waals surface area (Å²) in [4.78, 5) is 0. The molecule has 1 aliphatic rings. The van der Waals surface area contributed by atoms with Crippen LogP contribution in [0.1, 0.15) is 62.1 Å². The van der Waals surface area contributed by atoms with Gasteiger partial charge in [-0.25, -0.2) is 0 Å². The molecule has 1 nitrogen and oxygen atoms in total. The average Bonchev–Trinajstić information content (AvgIpc) is 2.41. The van der Waals surface area contributed by atoms with Gasteiger partial charge in [-0.1, -0.05) is 50.3 Å². The van der Waals surface area contributed by atoms with Crippen LogP contribution in [0.4, 0.5) is 13.2 Å². The maximum absolute atomic E-state index is 13.2. The molecule has 1 N–H and O–H groups in total. The second-order valence-electron chi connectivity index (χ2n) is 5.96. The molecule has 0 heterocycles. The van der Waals surface area contributed by atoms with Gasteiger partial charge in [0.1, 0.15) is 0 Å². The second-order valence-corrected chi connectivity index (χ2v) is 5.96. The minimum atomic E-state index is -4.28. The van der Waals surface area contributed by atoms with E-state index in [9.17, 15) is 13.2 Å². The van der Waals surface area contributed by atoms with Crippen molar-refractivity contribution in [1.82, 2.24) is 5.32 Å². The molecule has 0 bridgehead atoms. The van der Waals surface area contributed by atoms with E-state index in [-0.39, 0.29) is 6.04 Å². The molecule has 1 aromatic rings. The van der Waals surface area contributed by atoms with Gasteiger partial charge in [0.05, 0.1) is 5.56 Å². The van der Waals surface area contributed by atoms with Crippen LogP contribution < -0.4 is 5.32 Å². The van der Waals surface area contributed by atoms with Crippen molar-refractivity contribution in [2.75, 3.05) is 7.05 Å². The molecule has 1 atom stereocenters. The zero-order chi connectivity index (χ0) is 15.3. The van der Waals surface area contributed by atoms with Gasteiger partial charge in [0.25, 0.3) is 0 Å². The first-order chi connectivity index (χ1) is 10.0. The predicted molar refractivity (Wildman–Crippen MR) is 79.1 cm³/mol. The number of benzene rings is 1. The van der Waals surface area contributed by atoms with Gasteiger partial charge in [-0.15, -0.1) is 0 Å². The molecule has 1 aromatic carbocycles. The first kappa shape index (κ1) is 16.3. The highest BCUT2D eigenvalue weighted by Gasteiger charge is 2.36. The third kappa shape index (κ3) is 4.22. The number of rotatable bonds is 3. The Hall–Kier alpha value is -1.03. The highest BCUT2D eigenvalue weighted by atomic mass is 19.4. The Morgan fingerprint density at radius 3 is 2.14 bits per heavy atom. The second kappa shape index (κ2) is 7.30. The quantitative estimate of drug-likeness (QED) is 0.795. The van der Waals surface area contributed by atoms with E-state index in [2.05, 4.69) is 5.32 Å². The van der Waals surface area contributed by atoms with Crippen molar-refractivity contribution in [2.45, 2.75) is 57.2 Å². The molecule has 1 aliphatic carbocycles. The van der Waals surface area contributed by atoms with Crippen LogP contribution in [0.2, 0.25) is 0 Å². The van der Waals surface area contributed by atoms with Gasteiger partial charge < -0.3 is 5.32 Å². The fourth-order valence-electron chi connectivity index (χ4n) is 3.49. The van der Waals surface area contributed by atoms with Crippen molar-refractivity contribution in [3.63, 3.8) is 0 Å². The molecule has 0 spiro atoms. The summed E-state index contributed by atoms with van der Waals surface area (Å²) in [5.41, 5.74) is -0.0931. The van der Waals surface area contributed by atoms with Crippen LogP contribution in [0.3, 0.4) is 0 Å². The van der Waals surface area contributed by atoms with E-state index in [4.69, 9.17) is 0 Å². The standard InChI is InChI=1S/C17H24F3N/c1-21-16(13-9-5-3-2-4-6-10-13)14-11-7-8-12-15(14)17(18,19)20/h7-8,11-13,16,21H,2-6,9-10H2,1H3. The molecule has 1 fully saturated rings. The van der Waals surface area contributed by atoms with E-state index in [1.54, 1.807) is 19.2 Å². The Morgan fingerprint density at radius 1 is 1.00 bits per heavy atom. The van der Waals surface area contributed by atoms with Crippen LogP contribution in [0, 0.1) is 5.92 Å². The minimum absolute atomic E-state index is 0.207. The molecule has 0 radical (unpaired) electrons. The molecule has 0 saturated heterocycles. The zero-order valence-corrected chi connectivity index (χ0v) is 12.5. The maximum atomic E-state index is 13.2. The first-order valence-electron chi connectivity index (χ1n) is 7.87. The number of nitrogens with one attached hydrogen (secondary N) is 1. The van der Waals surface area contributed by atoms with E-state index >= 15 is 0 Å². The number of alkyl halides is 3. The van der Waals surface area contributed by atoms with Crippen LogP contribution in [0.25, 0.3) is 0 Å². The summed E-state index contributed by atoms with van der Waals surface area (Å²) in [7, 11) is 1.77. The molecule has 2 rings (SSSR count). The molecule has 4 heteroatoms. The molecule has 118 valence electrons. The lowest BCUT2D eigenvalue weighted by molar-refractivity contribution is -0.138. The monoisotopic (exact) mass is 299 g/mol. The van der Waals surface area contributed by atoms with Crippen molar-refractivity contribution in [3.05, 3.63) is 35.4 Å². The zero-order valence-electron chi connectivity index (χ0n) is 12.5. The van der Waals surface area contributed by atoms with Gasteiger partial charge in [-0.3, -0.25) is 0 Å². The minimum Gasteiger partial charge on any atom is -0.313 e. The van der Waals surface area contributed by atoms with E-state index in [1.165, 1.54) is 31.4 Å². The smallest absolute Gasteiger partial charge is 0.313 e. The topological polar surface area (TPSA) is 12.0 Å². The van der Waals surface area contributed by atoms with Crippen molar-refractivity contribution in [1.29, 1.82) is 0 Å². The van der Waals surface area contributed by atoms with Gasteiger partial charge in [0, 0.05) is 6.04 Å². The fraction of sp³-hybridized carbons (Fsp3) is 0.647.